The van der Waals surface area contributed by atoms with Gasteiger partial charge in [-0.1, -0.05) is 6.92 Å². The Bertz CT molecular complexity index is 1120. The van der Waals surface area contributed by atoms with Crippen LogP contribution in [0.15, 0.2) is 12.1 Å². The van der Waals surface area contributed by atoms with Crippen LogP contribution in [0.2, 0.25) is 0 Å². The molecule has 13 heteroatoms. The molecule has 208 valence electrons. The van der Waals surface area contributed by atoms with Gasteiger partial charge in [-0.25, -0.2) is 27.5 Å². The molecule has 0 radical (unpaired) electrons. The quantitative estimate of drug-likeness (QED) is 0.387. The van der Waals surface area contributed by atoms with E-state index in [-0.39, 0.29) is 41.8 Å². The van der Waals surface area contributed by atoms with Gasteiger partial charge in [-0.15, -0.1) is 11.6 Å². The number of nitrogens with zero attached hydrogens (tertiary/aromatic N) is 2. The Hall–Kier alpha value is -1.63. The Labute approximate surface area is 219 Å². The molecule has 37 heavy (non-hydrogen) atoms. The number of hydrazine groups is 1. The average Bonchev–Trinajstić information content (AvgIpc) is 3.61. The highest BCUT2D eigenvalue weighted by atomic mass is 35.5. The second kappa shape index (κ2) is 10.5. The van der Waals surface area contributed by atoms with E-state index in [0.29, 0.717) is 43.7 Å². The lowest BCUT2D eigenvalue weighted by molar-refractivity contribution is -0.237. The van der Waals surface area contributed by atoms with Crippen molar-refractivity contribution in [2.45, 2.75) is 69.0 Å². The first kappa shape index (κ1) is 28.4. The lowest BCUT2D eigenvalue weighted by Crippen LogP contribution is -2.61. The van der Waals surface area contributed by atoms with E-state index in [2.05, 4.69) is 0 Å². The minimum Gasteiger partial charge on any atom is -0.493 e. The Kier molecular flexibility index (Phi) is 8.05. The molecule has 1 aromatic carbocycles. The van der Waals surface area contributed by atoms with Crippen LogP contribution in [0.25, 0.3) is 0 Å². The van der Waals surface area contributed by atoms with Crippen molar-refractivity contribution in [3.63, 3.8) is 0 Å². The number of halogens is 5. The molecule has 4 rings (SSSR count). The lowest BCUT2D eigenvalue weighted by Gasteiger charge is -2.49. The van der Waals surface area contributed by atoms with Crippen LogP contribution >= 0.6 is 11.6 Å². The SMILES string of the molecule is CC1(COc2cc(F)c(C(=O)NS(C)(=O)=O)cc2C2CC2)CCN(N2CC(Cl)CCC2C(F)(F)F)CC1. The van der Waals surface area contributed by atoms with Gasteiger partial charge in [0.05, 0.1) is 18.4 Å². The normalized spacial score (nSPS) is 25.6. The van der Waals surface area contributed by atoms with Gasteiger partial charge in [-0.2, -0.15) is 13.2 Å². The Morgan fingerprint density at radius 1 is 1.19 bits per heavy atom. The van der Waals surface area contributed by atoms with Gasteiger partial charge in [0, 0.05) is 36.5 Å². The van der Waals surface area contributed by atoms with E-state index in [1.54, 1.807) is 9.73 Å². The third-order valence-electron chi connectivity index (χ3n) is 7.40. The first-order valence-electron chi connectivity index (χ1n) is 12.4. The number of hydrogen-bond donors (Lipinski definition) is 1. The number of carbonyl (C=O) groups excluding carboxylic acids is 1. The number of benzene rings is 1. The van der Waals surface area contributed by atoms with Gasteiger partial charge in [0.25, 0.3) is 5.91 Å². The van der Waals surface area contributed by atoms with Crippen molar-refractivity contribution < 1.29 is 35.5 Å². The molecule has 2 unspecified atom stereocenters. The van der Waals surface area contributed by atoms with Crippen molar-refractivity contribution in [3.8, 4) is 5.75 Å². The molecule has 1 aromatic rings. The van der Waals surface area contributed by atoms with Crippen molar-refractivity contribution in [2.75, 3.05) is 32.5 Å². The maximum absolute atomic E-state index is 14.8. The van der Waals surface area contributed by atoms with E-state index >= 15 is 0 Å². The Morgan fingerprint density at radius 2 is 1.84 bits per heavy atom. The molecule has 0 aromatic heterocycles. The summed E-state index contributed by atoms with van der Waals surface area (Å²) in [5.41, 5.74) is -0.0579. The molecule has 1 N–H and O–H groups in total. The van der Waals surface area contributed by atoms with Gasteiger partial charge in [0.15, 0.2) is 0 Å². The molecular weight excluding hydrogens is 538 g/mol. The fourth-order valence-electron chi connectivity index (χ4n) is 5.05. The monoisotopic (exact) mass is 569 g/mol. The summed E-state index contributed by atoms with van der Waals surface area (Å²) >= 11 is 6.20. The number of piperidine rings is 2. The summed E-state index contributed by atoms with van der Waals surface area (Å²) in [5.74, 6) is -1.53. The van der Waals surface area contributed by atoms with Crippen LogP contribution in [0.3, 0.4) is 0 Å². The fraction of sp³-hybridized carbons (Fsp3) is 0.708. The molecule has 0 spiro atoms. The van der Waals surface area contributed by atoms with Crippen LogP contribution in [-0.2, 0) is 10.0 Å². The topological polar surface area (TPSA) is 78.9 Å². The minimum atomic E-state index is -4.32. The number of rotatable bonds is 7. The molecule has 3 fully saturated rings. The van der Waals surface area contributed by atoms with Crippen molar-refractivity contribution in [2.24, 2.45) is 5.41 Å². The molecule has 0 bridgehead atoms. The summed E-state index contributed by atoms with van der Waals surface area (Å²) in [6, 6.07) is 0.931. The van der Waals surface area contributed by atoms with Gasteiger partial charge in [0.1, 0.15) is 17.6 Å². The standard InChI is InChI=1S/C24H32ClF4N3O4S/c1-23(7-9-31(10-8-23)32-13-16(25)5-6-21(32)24(27,28)29)14-36-20-12-19(26)18(11-17(20)15-3-4-15)22(33)30-37(2,34)35/h11-12,15-16,21H,3-10,13-14H2,1-2H3,(H,30,33). The largest absolute Gasteiger partial charge is 0.493 e. The predicted octanol–water partition coefficient (Wildman–Crippen LogP) is 4.42. The van der Waals surface area contributed by atoms with E-state index < -0.39 is 34.0 Å². The second-order valence-electron chi connectivity index (χ2n) is 10.8. The van der Waals surface area contributed by atoms with Crippen molar-refractivity contribution in [1.29, 1.82) is 0 Å². The third-order valence-corrected chi connectivity index (χ3v) is 8.31. The van der Waals surface area contributed by atoms with E-state index in [9.17, 15) is 30.8 Å². The van der Waals surface area contributed by atoms with Crippen LogP contribution in [0.5, 0.6) is 5.75 Å². The van der Waals surface area contributed by atoms with Crippen LogP contribution in [0.4, 0.5) is 17.6 Å². The number of nitrogens with one attached hydrogen (secondary N) is 1. The number of sulfonamides is 1. The van der Waals surface area contributed by atoms with Gasteiger partial charge in [0.2, 0.25) is 10.0 Å². The first-order chi connectivity index (χ1) is 17.2. The molecule has 2 atom stereocenters. The second-order valence-corrected chi connectivity index (χ2v) is 13.1. The van der Waals surface area contributed by atoms with Crippen molar-refractivity contribution in [1.82, 2.24) is 14.7 Å². The third kappa shape index (κ3) is 7.07. The molecule has 2 aliphatic heterocycles. The lowest BCUT2D eigenvalue weighted by atomic mass is 9.81. The summed E-state index contributed by atoms with van der Waals surface area (Å²) < 4.78 is 86.2. The molecule has 3 aliphatic rings. The van der Waals surface area contributed by atoms with Gasteiger partial charge in [-0.3, -0.25) is 4.79 Å². The summed E-state index contributed by atoms with van der Waals surface area (Å²) in [7, 11) is -3.85. The molecule has 1 aliphatic carbocycles. The first-order valence-corrected chi connectivity index (χ1v) is 14.7. The molecule has 2 saturated heterocycles. The number of amides is 1. The van der Waals surface area contributed by atoms with Gasteiger partial charge < -0.3 is 4.74 Å². The molecule has 7 nitrogen and oxygen atoms in total. The van der Waals surface area contributed by atoms with Gasteiger partial charge in [-0.05, 0) is 56.1 Å². The molecule has 1 amide bonds. The summed E-state index contributed by atoms with van der Waals surface area (Å²) in [6.07, 6.45) is -0.351. The summed E-state index contributed by atoms with van der Waals surface area (Å²) in [6.45, 7) is 3.22. The minimum absolute atomic E-state index is 0.0255. The smallest absolute Gasteiger partial charge is 0.405 e. The zero-order chi connectivity index (χ0) is 27.2. The van der Waals surface area contributed by atoms with Crippen LogP contribution < -0.4 is 9.46 Å². The Balaban J connectivity index is 1.42. The maximum atomic E-state index is 14.8. The van der Waals surface area contributed by atoms with Gasteiger partial charge >= 0.3 is 6.18 Å². The average molecular weight is 570 g/mol. The van der Waals surface area contributed by atoms with E-state index in [1.807, 2.05) is 6.92 Å². The highest BCUT2D eigenvalue weighted by Gasteiger charge is 2.49. The highest BCUT2D eigenvalue weighted by molar-refractivity contribution is 7.89. The zero-order valence-electron chi connectivity index (χ0n) is 20.8. The van der Waals surface area contributed by atoms with E-state index in [0.717, 1.165) is 25.2 Å². The summed E-state index contributed by atoms with van der Waals surface area (Å²) in [5, 5.41) is 2.80. The van der Waals surface area contributed by atoms with E-state index in [1.165, 1.54) is 11.1 Å². The number of alkyl halides is 4. The summed E-state index contributed by atoms with van der Waals surface area (Å²) in [4.78, 5) is 12.3. The van der Waals surface area contributed by atoms with Crippen LogP contribution in [0, 0.1) is 11.2 Å². The molecule has 2 heterocycles. The van der Waals surface area contributed by atoms with Crippen LogP contribution in [0.1, 0.15) is 67.3 Å². The number of carbonyl (C=O) groups is 1. The Morgan fingerprint density at radius 3 is 2.41 bits per heavy atom. The predicted molar refractivity (Wildman–Crippen MR) is 131 cm³/mol. The number of hydrogen-bond acceptors (Lipinski definition) is 6. The fourth-order valence-corrected chi connectivity index (χ4v) is 5.76. The zero-order valence-corrected chi connectivity index (χ0v) is 22.4. The number of ether oxygens (including phenoxy) is 1. The van der Waals surface area contributed by atoms with Crippen molar-refractivity contribution in [3.05, 3.63) is 29.1 Å². The van der Waals surface area contributed by atoms with Crippen LogP contribution in [-0.4, -0.2) is 74.4 Å². The van der Waals surface area contributed by atoms with Crippen molar-refractivity contribution >= 4 is 27.5 Å². The van der Waals surface area contributed by atoms with E-state index in [4.69, 9.17) is 16.3 Å². The molecular formula is C24H32ClF4N3O4S. The molecule has 1 saturated carbocycles. The maximum Gasteiger partial charge on any atom is 0.405 e. The highest BCUT2D eigenvalue weighted by Crippen LogP contribution is 2.46.